The molecule has 1 aromatic rings. The topological polar surface area (TPSA) is 284 Å². The van der Waals surface area contributed by atoms with Gasteiger partial charge in [0, 0.05) is 44.0 Å². The van der Waals surface area contributed by atoms with E-state index in [0.29, 0.717) is 206 Å². The summed E-state index contributed by atoms with van der Waals surface area (Å²) in [6.45, 7) is 11.2. The van der Waals surface area contributed by atoms with E-state index in [0.717, 1.165) is 31.4 Å². The third kappa shape index (κ3) is 23.0. The minimum atomic E-state index is -0.886. The summed E-state index contributed by atoms with van der Waals surface area (Å²) in [4.78, 5) is 79.7. The molecule has 3 heterocycles. The van der Waals surface area contributed by atoms with Crippen LogP contribution in [0.4, 0.5) is 4.79 Å². The minimum absolute atomic E-state index is 0.00943. The molecule has 5 unspecified atom stereocenters. The molecule has 5 fully saturated rings. The number of carbonyl (C=O) groups excluding carboxylic acids is 6. The fraction of sp³-hybridized carbons (Fsp3) is 0.786. The van der Waals surface area contributed by atoms with E-state index in [1.807, 2.05) is 35.2 Å². The molecule has 2 saturated heterocycles. The number of rotatable bonds is 47. The summed E-state index contributed by atoms with van der Waals surface area (Å²) in [5.74, 6) is 0.360. The van der Waals surface area contributed by atoms with Gasteiger partial charge in [-0.2, -0.15) is 0 Å². The van der Waals surface area contributed by atoms with Crippen LogP contribution in [-0.2, 0) is 92.2 Å². The number of amides is 6. The Morgan fingerprint density at radius 3 is 1.61 bits per heavy atom. The Balaban J connectivity index is 0.550. The van der Waals surface area contributed by atoms with Gasteiger partial charge in [0.15, 0.2) is 0 Å². The fourth-order valence-electron chi connectivity index (χ4n) is 10.5. The van der Waals surface area contributed by atoms with Crippen LogP contribution in [0.1, 0.15) is 82.2 Å². The summed E-state index contributed by atoms with van der Waals surface area (Å²) in [5, 5.41) is 15.5. The van der Waals surface area contributed by atoms with Gasteiger partial charge in [-0.1, -0.05) is 29.5 Å². The van der Waals surface area contributed by atoms with Crippen LogP contribution in [0.5, 0.6) is 0 Å². The van der Waals surface area contributed by atoms with Gasteiger partial charge in [0.25, 0.3) is 17.7 Å². The first-order valence-corrected chi connectivity index (χ1v) is 29.3. The van der Waals surface area contributed by atoms with Crippen LogP contribution in [0.25, 0.3) is 0 Å². The lowest BCUT2D eigenvalue weighted by Gasteiger charge is -2.43. The molecule has 82 heavy (non-hydrogen) atoms. The van der Waals surface area contributed by atoms with Crippen molar-refractivity contribution >= 4 is 35.6 Å². The fourth-order valence-corrected chi connectivity index (χ4v) is 10.5. The molecular formula is C56H87N7O19. The number of imide groups is 2. The zero-order valence-electron chi connectivity index (χ0n) is 47.5. The smallest absolute Gasteiger partial charge is 0.335 e. The summed E-state index contributed by atoms with van der Waals surface area (Å²) in [7, 11) is 0. The highest BCUT2D eigenvalue weighted by molar-refractivity contribution is 6.08. The lowest BCUT2D eigenvalue weighted by molar-refractivity contribution is -0.198. The largest absolute Gasteiger partial charge is 0.378 e. The second-order valence-corrected chi connectivity index (χ2v) is 21.1. The molecule has 5 atom stereocenters. The highest BCUT2D eigenvalue weighted by Gasteiger charge is 2.59. The average Bonchev–Trinajstić information content (AvgIpc) is 2.67. The van der Waals surface area contributed by atoms with Gasteiger partial charge in [-0.3, -0.25) is 24.1 Å². The van der Waals surface area contributed by atoms with Crippen LogP contribution in [0, 0.1) is 23.7 Å². The third-order valence-electron chi connectivity index (χ3n) is 14.9. The molecule has 6 aliphatic rings. The SMILES string of the molecule is O=C(CCC1CC2CC2C(c2cn(CCOCCOCCOCCOCCOCCOCCOCCOCCOCCOCCOCCOCCC(=O)ON3C(=O)CCC3=O)nn2)C1)NC1CC2(C1)NC(=O)N(CC1C=CC=CC1)C2=O. The van der Waals surface area contributed by atoms with Gasteiger partial charge in [-0.05, 0) is 68.6 Å². The normalized spacial score (nSPS) is 23.7. The van der Waals surface area contributed by atoms with E-state index in [4.69, 9.17) is 61.7 Å². The highest BCUT2D eigenvalue weighted by atomic mass is 16.7. The van der Waals surface area contributed by atoms with Crippen LogP contribution >= 0.6 is 0 Å². The number of urea groups is 1. The highest BCUT2D eigenvalue weighted by Crippen LogP contribution is 2.58. The average molecular weight is 1160 g/mol. The Kier molecular flexibility index (Phi) is 29.0. The van der Waals surface area contributed by atoms with Crippen molar-refractivity contribution in [1.82, 2.24) is 35.6 Å². The Labute approximate surface area is 480 Å². The van der Waals surface area contributed by atoms with E-state index in [1.165, 1.54) is 11.3 Å². The molecule has 7 rings (SSSR count). The molecule has 4 aliphatic carbocycles. The molecule has 460 valence electrons. The molecule has 0 radical (unpaired) electrons. The molecule has 0 aromatic carbocycles. The van der Waals surface area contributed by atoms with Crippen molar-refractivity contribution in [3.8, 4) is 0 Å². The van der Waals surface area contributed by atoms with Crippen molar-refractivity contribution < 1.29 is 90.4 Å². The number of fused-ring (bicyclic) bond motifs is 1. The Bertz CT molecular complexity index is 2140. The first-order valence-electron chi connectivity index (χ1n) is 29.3. The number of ether oxygens (including phenoxy) is 12. The van der Waals surface area contributed by atoms with Gasteiger partial charge in [0.1, 0.15) is 5.54 Å². The van der Waals surface area contributed by atoms with Crippen LogP contribution in [0.2, 0.25) is 0 Å². The van der Waals surface area contributed by atoms with E-state index in [-0.39, 0.29) is 62.3 Å². The number of hydroxylamine groups is 2. The third-order valence-corrected chi connectivity index (χ3v) is 14.9. The molecule has 26 nitrogen and oxygen atoms in total. The van der Waals surface area contributed by atoms with Crippen molar-refractivity contribution in [3.05, 3.63) is 36.2 Å². The maximum absolute atomic E-state index is 13.2. The molecule has 3 saturated carbocycles. The number of hydrogen-bond donors (Lipinski definition) is 2. The Morgan fingerprint density at radius 1 is 0.610 bits per heavy atom. The van der Waals surface area contributed by atoms with Gasteiger partial charge in [0.2, 0.25) is 5.91 Å². The second kappa shape index (κ2) is 36.8. The maximum atomic E-state index is 13.2. The summed E-state index contributed by atoms with van der Waals surface area (Å²) in [6, 6.07) is -0.446. The monoisotopic (exact) mass is 1160 g/mol. The first kappa shape index (κ1) is 64.7. The van der Waals surface area contributed by atoms with Crippen molar-refractivity contribution in [3.63, 3.8) is 0 Å². The second-order valence-electron chi connectivity index (χ2n) is 21.1. The van der Waals surface area contributed by atoms with Gasteiger partial charge >= 0.3 is 12.0 Å². The number of allylic oxidation sites excluding steroid dienone is 3. The molecular weight excluding hydrogens is 1070 g/mol. The van der Waals surface area contributed by atoms with E-state index < -0.39 is 23.3 Å². The number of carbonyl (C=O) groups is 6. The van der Waals surface area contributed by atoms with Crippen LogP contribution in [0.15, 0.2) is 30.5 Å². The number of nitrogens with zero attached hydrogens (tertiary/aromatic N) is 5. The van der Waals surface area contributed by atoms with Crippen molar-refractivity contribution in [2.75, 3.05) is 165 Å². The molecule has 0 bridgehead atoms. The molecule has 6 amide bonds. The number of hydrogen-bond acceptors (Lipinski definition) is 21. The van der Waals surface area contributed by atoms with E-state index >= 15 is 0 Å². The number of aromatic nitrogens is 3. The molecule has 2 N–H and O–H groups in total. The zero-order valence-corrected chi connectivity index (χ0v) is 47.5. The lowest BCUT2D eigenvalue weighted by atomic mass is 9.72. The van der Waals surface area contributed by atoms with Crippen molar-refractivity contribution in [2.24, 2.45) is 23.7 Å². The Morgan fingerprint density at radius 2 is 1.11 bits per heavy atom. The maximum Gasteiger partial charge on any atom is 0.335 e. The van der Waals surface area contributed by atoms with Gasteiger partial charge in [-0.15, -0.1) is 10.2 Å². The van der Waals surface area contributed by atoms with E-state index in [2.05, 4.69) is 20.9 Å². The first-order chi connectivity index (χ1) is 40.2. The van der Waals surface area contributed by atoms with Crippen molar-refractivity contribution in [2.45, 2.75) is 94.7 Å². The van der Waals surface area contributed by atoms with Gasteiger partial charge in [0.05, 0.1) is 177 Å². The van der Waals surface area contributed by atoms with Crippen molar-refractivity contribution in [1.29, 1.82) is 0 Å². The molecule has 1 spiro atoms. The number of nitrogens with one attached hydrogen (secondary N) is 2. The minimum Gasteiger partial charge on any atom is -0.378 e. The summed E-state index contributed by atoms with van der Waals surface area (Å²) in [5.41, 5.74) is 0.142. The molecule has 1 aromatic heterocycles. The molecule has 2 aliphatic heterocycles. The predicted molar refractivity (Wildman–Crippen MR) is 288 cm³/mol. The summed E-state index contributed by atoms with van der Waals surface area (Å²) in [6.07, 6.45) is 16.4. The van der Waals surface area contributed by atoms with Gasteiger partial charge in [-0.25, -0.2) is 14.3 Å². The quantitative estimate of drug-likeness (QED) is 0.0537. The van der Waals surface area contributed by atoms with Gasteiger partial charge < -0.3 is 72.3 Å². The standard InChI is InChI=1S/C56H87N7O19/c64-50(57-46-39-56(40-46)54(68)62(55(69)58-56)41-43-4-2-1-3-5-43)7-6-44-36-45-38-47(45)48(37-44)49-42-61(60-59-49)11-13-71-15-17-73-19-21-75-23-25-77-27-29-79-31-33-81-35-34-80-32-30-78-28-26-76-24-22-74-20-18-72-16-14-70-12-10-53(67)82-63-51(65)8-9-52(63)66/h1-4,42-48H,5-41H2,(H,57,64)(H,58,69). The molecule has 26 heteroatoms. The van der Waals surface area contributed by atoms with Crippen LogP contribution in [-0.4, -0.2) is 237 Å². The lowest BCUT2D eigenvalue weighted by Crippen LogP contribution is -2.63. The zero-order chi connectivity index (χ0) is 57.5. The van der Waals surface area contributed by atoms with E-state index in [1.54, 1.807) is 0 Å². The van der Waals surface area contributed by atoms with Crippen LogP contribution < -0.4 is 10.6 Å². The summed E-state index contributed by atoms with van der Waals surface area (Å²) < 4.78 is 68.1. The van der Waals surface area contributed by atoms with E-state index in [9.17, 15) is 28.8 Å². The predicted octanol–water partition coefficient (Wildman–Crippen LogP) is 2.09. The van der Waals surface area contributed by atoms with Crippen LogP contribution in [0.3, 0.4) is 0 Å². The summed E-state index contributed by atoms with van der Waals surface area (Å²) >= 11 is 0. The Hall–Kier alpha value is -4.84.